The molecule has 162 valence electrons. The normalized spacial score (nSPS) is 16.6. The second-order valence-corrected chi connectivity index (χ2v) is 8.25. The molecule has 0 spiro atoms. The number of hydrogen-bond acceptors (Lipinski definition) is 4. The predicted molar refractivity (Wildman–Crippen MR) is 117 cm³/mol. The molecule has 2 N–H and O–H groups in total. The molecular formula is C23H37N3O3. The molecule has 0 radical (unpaired) electrons. The summed E-state index contributed by atoms with van der Waals surface area (Å²) in [5.41, 5.74) is 6.75. The topological polar surface area (TPSA) is 75.9 Å². The smallest absolute Gasteiger partial charge is 0.226 e. The van der Waals surface area contributed by atoms with Gasteiger partial charge in [0.25, 0.3) is 0 Å². The van der Waals surface area contributed by atoms with Crippen LogP contribution in [0.5, 0.6) is 5.75 Å². The summed E-state index contributed by atoms with van der Waals surface area (Å²) < 4.78 is 5.76. The van der Waals surface area contributed by atoms with Crippen LogP contribution >= 0.6 is 0 Å². The first-order valence-corrected chi connectivity index (χ1v) is 10.9. The van der Waals surface area contributed by atoms with Gasteiger partial charge >= 0.3 is 0 Å². The molecule has 2 amide bonds. The third-order valence-corrected chi connectivity index (χ3v) is 5.59. The maximum absolute atomic E-state index is 13.3. The number of nitrogens with two attached hydrogens (primary N) is 1. The summed E-state index contributed by atoms with van der Waals surface area (Å²) in [7, 11) is 0. The third kappa shape index (κ3) is 6.12. The van der Waals surface area contributed by atoms with Crippen LogP contribution in [0.4, 0.5) is 5.69 Å². The van der Waals surface area contributed by atoms with Crippen molar-refractivity contribution < 1.29 is 14.3 Å². The van der Waals surface area contributed by atoms with Gasteiger partial charge in [-0.1, -0.05) is 39.3 Å². The van der Waals surface area contributed by atoms with Crippen LogP contribution in [-0.2, 0) is 9.59 Å². The number of nitrogens with zero attached hydrogens (tertiary/aromatic N) is 2. The molecule has 1 aliphatic rings. The minimum absolute atomic E-state index is 0.0775. The molecular weight excluding hydrogens is 366 g/mol. The number of hydrogen-bond donors (Lipinski definition) is 1. The molecule has 0 aromatic heterocycles. The average molecular weight is 404 g/mol. The molecule has 1 saturated heterocycles. The van der Waals surface area contributed by atoms with Crippen LogP contribution in [0, 0.1) is 17.8 Å². The average Bonchev–Trinajstić information content (AvgIpc) is 2.70. The van der Waals surface area contributed by atoms with Crippen molar-refractivity contribution >= 4 is 17.5 Å². The Hall–Kier alpha value is -2.24. The molecule has 0 bridgehead atoms. The molecule has 1 aliphatic heterocycles. The molecule has 1 fully saturated rings. The first-order valence-electron chi connectivity index (χ1n) is 10.9. The first kappa shape index (κ1) is 23.0. The maximum Gasteiger partial charge on any atom is 0.226 e. The molecule has 6 nitrogen and oxygen atoms in total. The zero-order valence-electron chi connectivity index (χ0n) is 18.4. The first-order chi connectivity index (χ1) is 13.9. The Kier molecular flexibility index (Phi) is 8.80. The van der Waals surface area contributed by atoms with Gasteiger partial charge in [0.1, 0.15) is 5.75 Å². The van der Waals surface area contributed by atoms with Crippen LogP contribution in [0.25, 0.3) is 0 Å². The molecule has 2 rings (SSSR count). The number of rotatable bonds is 10. The Balaban J connectivity index is 2.09. The fraction of sp³-hybridized carbons (Fsp3) is 0.652. The van der Waals surface area contributed by atoms with Gasteiger partial charge in [-0.05, 0) is 37.8 Å². The fourth-order valence-corrected chi connectivity index (χ4v) is 4.20. The highest BCUT2D eigenvalue weighted by Crippen LogP contribution is 2.30. The van der Waals surface area contributed by atoms with Crippen LogP contribution in [0.3, 0.4) is 0 Å². The van der Waals surface area contributed by atoms with Crippen molar-refractivity contribution in [3.8, 4) is 5.75 Å². The van der Waals surface area contributed by atoms with Crippen molar-refractivity contribution in [3.63, 3.8) is 0 Å². The number of carbonyl (C=O) groups is 2. The highest BCUT2D eigenvalue weighted by molar-refractivity contribution is 5.87. The quantitative estimate of drug-likeness (QED) is 0.650. The van der Waals surface area contributed by atoms with Gasteiger partial charge in [0.05, 0.1) is 12.3 Å². The van der Waals surface area contributed by atoms with Crippen LogP contribution in [0.15, 0.2) is 24.3 Å². The molecule has 0 aliphatic carbocycles. The van der Waals surface area contributed by atoms with E-state index in [0.717, 1.165) is 30.9 Å². The van der Waals surface area contributed by atoms with Gasteiger partial charge < -0.3 is 20.3 Å². The lowest BCUT2D eigenvalue weighted by atomic mass is 9.81. The van der Waals surface area contributed by atoms with E-state index in [1.54, 1.807) is 0 Å². The number of piperazine rings is 1. The van der Waals surface area contributed by atoms with Gasteiger partial charge in [0.15, 0.2) is 0 Å². The van der Waals surface area contributed by atoms with E-state index >= 15 is 0 Å². The largest absolute Gasteiger partial charge is 0.492 e. The van der Waals surface area contributed by atoms with Gasteiger partial charge in [0, 0.05) is 38.0 Å². The summed E-state index contributed by atoms with van der Waals surface area (Å²) >= 11 is 0. The standard InChI is InChI=1S/C23H37N3O3/c1-5-9-18(22(24)27)19(16-17(3)4)23(28)26-14-12-25(13-15-26)20-10-7-8-11-21(20)29-6-2/h7-8,10-11,17-19H,5-6,9,12-16H2,1-4H3,(H2,24,27). The summed E-state index contributed by atoms with van der Waals surface area (Å²) in [6.07, 6.45) is 2.21. The van der Waals surface area contributed by atoms with E-state index in [1.807, 2.05) is 36.9 Å². The van der Waals surface area contributed by atoms with Crippen molar-refractivity contribution in [1.29, 1.82) is 0 Å². The molecule has 29 heavy (non-hydrogen) atoms. The number of ether oxygens (including phenoxy) is 1. The SMILES string of the molecule is CCCC(C(N)=O)C(CC(C)C)C(=O)N1CCN(c2ccccc2OCC)CC1. The lowest BCUT2D eigenvalue weighted by molar-refractivity contribution is -0.142. The monoisotopic (exact) mass is 403 g/mol. The van der Waals surface area contributed by atoms with Gasteiger partial charge in [-0.15, -0.1) is 0 Å². The number of anilines is 1. The van der Waals surface area contributed by atoms with E-state index in [9.17, 15) is 9.59 Å². The lowest BCUT2D eigenvalue weighted by Crippen LogP contribution is -2.52. The summed E-state index contributed by atoms with van der Waals surface area (Å²) in [4.78, 5) is 29.6. The number of carbonyl (C=O) groups excluding carboxylic acids is 2. The highest BCUT2D eigenvalue weighted by atomic mass is 16.5. The third-order valence-electron chi connectivity index (χ3n) is 5.59. The summed E-state index contributed by atoms with van der Waals surface area (Å²) in [5, 5.41) is 0. The zero-order chi connectivity index (χ0) is 21.4. The zero-order valence-corrected chi connectivity index (χ0v) is 18.4. The molecule has 6 heteroatoms. The summed E-state index contributed by atoms with van der Waals surface area (Å²) in [6, 6.07) is 8.03. The highest BCUT2D eigenvalue weighted by Gasteiger charge is 2.36. The second-order valence-electron chi connectivity index (χ2n) is 8.25. The van der Waals surface area contributed by atoms with Crippen LogP contribution in [0.1, 0.15) is 47.0 Å². The fourth-order valence-electron chi connectivity index (χ4n) is 4.20. The van der Waals surface area contributed by atoms with Crippen LogP contribution < -0.4 is 15.4 Å². The van der Waals surface area contributed by atoms with Crippen molar-refractivity contribution in [3.05, 3.63) is 24.3 Å². The number of benzene rings is 1. The Morgan fingerprint density at radius 1 is 1.07 bits per heavy atom. The van der Waals surface area contributed by atoms with E-state index in [0.29, 0.717) is 38.5 Å². The Morgan fingerprint density at radius 3 is 2.28 bits per heavy atom. The lowest BCUT2D eigenvalue weighted by Gasteiger charge is -2.39. The number of amides is 2. The molecule has 0 saturated carbocycles. The van der Waals surface area contributed by atoms with Gasteiger partial charge in [0.2, 0.25) is 11.8 Å². The Labute approximate surface area is 175 Å². The van der Waals surface area contributed by atoms with Crippen molar-refractivity contribution in [2.75, 3.05) is 37.7 Å². The van der Waals surface area contributed by atoms with E-state index in [1.165, 1.54) is 0 Å². The van der Waals surface area contributed by atoms with E-state index in [4.69, 9.17) is 10.5 Å². The van der Waals surface area contributed by atoms with E-state index in [-0.39, 0.29) is 23.7 Å². The molecule has 1 heterocycles. The summed E-state index contributed by atoms with van der Waals surface area (Å²) in [5.74, 6) is 0.233. The number of primary amides is 1. The molecule has 2 atom stereocenters. The molecule has 1 aromatic rings. The van der Waals surface area contributed by atoms with Gasteiger partial charge in [-0.2, -0.15) is 0 Å². The predicted octanol–water partition coefficient (Wildman–Crippen LogP) is 3.30. The second kappa shape index (κ2) is 11.1. The maximum atomic E-state index is 13.3. The van der Waals surface area contributed by atoms with Gasteiger partial charge in [-0.3, -0.25) is 9.59 Å². The van der Waals surface area contributed by atoms with Crippen LogP contribution in [0.2, 0.25) is 0 Å². The van der Waals surface area contributed by atoms with Crippen LogP contribution in [-0.4, -0.2) is 49.5 Å². The molecule has 2 unspecified atom stereocenters. The van der Waals surface area contributed by atoms with E-state index < -0.39 is 0 Å². The van der Waals surface area contributed by atoms with Crippen molar-refractivity contribution in [1.82, 2.24) is 4.90 Å². The van der Waals surface area contributed by atoms with Gasteiger partial charge in [-0.25, -0.2) is 0 Å². The van der Waals surface area contributed by atoms with Crippen molar-refractivity contribution in [2.24, 2.45) is 23.5 Å². The minimum atomic E-state index is -0.383. The Bertz CT molecular complexity index is 669. The number of para-hydroxylation sites is 2. The Morgan fingerprint density at radius 2 is 1.72 bits per heavy atom. The summed E-state index contributed by atoms with van der Waals surface area (Å²) in [6.45, 7) is 11.6. The molecule has 1 aromatic carbocycles. The van der Waals surface area contributed by atoms with Crippen molar-refractivity contribution in [2.45, 2.75) is 47.0 Å². The minimum Gasteiger partial charge on any atom is -0.492 e. The van der Waals surface area contributed by atoms with E-state index in [2.05, 4.69) is 24.8 Å².